The van der Waals surface area contributed by atoms with Gasteiger partial charge in [-0.05, 0) is 0 Å². The van der Waals surface area contributed by atoms with Crippen LogP contribution in [0.5, 0.6) is 0 Å². The third-order valence-corrected chi connectivity index (χ3v) is 6.36. The van der Waals surface area contributed by atoms with E-state index in [1.54, 1.807) is 6.92 Å². The molecule has 1 aromatic rings. The average molecular weight is 411 g/mol. The van der Waals surface area contributed by atoms with Gasteiger partial charge in [-0.25, -0.2) is 0 Å². The van der Waals surface area contributed by atoms with Gasteiger partial charge in [-0.1, -0.05) is 0 Å². The van der Waals surface area contributed by atoms with Crippen molar-refractivity contribution in [3.05, 3.63) is 27.0 Å². The van der Waals surface area contributed by atoms with Gasteiger partial charge >= 0.3 is 140 Å². The molecule has 11 heteroatoms. The Bertz CT molecular complexity index is 702. The van der Waals surface area contributed by atoms with Gasteiger partial charge in [-0.3, -0.25) is 0 Å². The van der Waals surface area contributed by atoms with E-state index in [2.05, 4.69) is 0 Å². The second-order valence-corrected chi connectivity index (χ2v) is 8.36. The number of ether oxygens (including phenoxy) is 2. The van der Waals surface area contributed by atoms with Crippen LogP contribution in [0, 0.1) is 0 Å². The molecule has 10 nitrogen and oxygen atoms in total. The maximum absolute atomic E-state index is 12.3. The predicted octanol–water partition coefficient (Wildman–Crippen LogP) is -3.19. The quantitative estimate of drug-likeness (QED) is 0.271. The SMILES string of the molecule is CCOCC[Se](=O)c1cn([C@@H]2O[C@H](CO)[C@@H](O)[C@H]2O)c(=O)[nH]c1=O. The van der Waals surface area contributed by atoms with Gasteiger partial charge in [0.15, 0.2) is 0 Å². The van der Waals surface area contributed by atoms with E-state index in [9.17, 15) is 23.6 Å². The Morgan fingerprint density at radius 3 is 2.67 bits per heavy atom. The van der Waals surface area contributed by atoms with Crippen molar-refractivity contribution < 1.29 is 28.6 Å². The topological polar surface area (TPSA) is 151 Å². The summed E-state index contributed by atoms with van der Waals surface area (Å²) in [5.74, 6) is 0. The van der Waals surface area contributed by atoms with Crippen molar-refractivity contribution in [2.75, 3.05) is 19.8 Å². The second-order valence-electron chi connectivity index (χ2n) is 5.14. The number of aliphatic hydroxyl groups is 3. The van der Waals surface area contributed by atoms with Gasteiger partial charge in [0.05, 0.1) is 0 Å². The molecule has 4 N–H and O–H groups in total. The van der Waals surface area contributed by atoms with Crippen molar-refractivity contribution in [2.24, 2.45) is 0 Å². The van der Waals surface area contributed by atoms with Crippen molar-refractivity contribution in [1.29, 1.82) is 0 Å². The zero-order valence-corrected chi connectivity index (χ0v) is 14.7. The molecule has 1 fully saturated rings. The molecule has 1 aliphatic rings. The molecular weight excluding hydrogens is 391 g/mol. The van der Waals surface area contributed by atoms with E-state index in [-0.39, 0.29) is 16.4 Å². The maximum atomic E-state index is 12.3. The van der Waals surface area contributed by atoms with Crippen molar-refractivity contribution >= 4 is 18.3 Å². The van der Waals surface area contributed by atoms with Gasteiger partial charge in [-0.15, -0.1) is 0 Å². The van der Waals surface area contributed by atoms with Crippen molar-refractivity contribution in [3.63, 3.8) is 0 Å². The summed E-state index contributed by atoms with van der Waals surface area (Å²) in [5.41, 5.74) is -1.64. The fourth-order valence-electron chi connectivity index (χ4n) is 2.32. The summed E-state index contributed by atoms with van der Waals surface area (Å²) < 4.78 is 23.4. The van der Waals surface area contributed by atoms with Crippen LogP contribution in [-0.4, -0.2) is 76.8 Å². The second kappa shape index (κ2) is 8.26. The number of H-pyrrole nitrogens is 1. The molecule has 0 radical (unpaired) electrons. The molecule has 1 unspecified atom stereocenters. The van der Waals surface area contributed by atoms with E-state index in [1.165, 1.54) is 0 Å². The Labute approximate surface area is 140 Å². The number of nitrogens with zero attached hydrogens (tertiary/aromatic N) is 1. The van der Waals surface area contributed by atoms with Gasteiger partial charge in [-0.2, -0.15) is 0 Å². The van der Waals surface area contributed by atoms with Crippen LogP contribution in [0.4, 0.5) is 0 Å². The fraction of sp³-hybridized carbons (Fsp3) is 0.692. The minimum atomic E-state index is -2.76. The Hall–Kier alpha value is -1.20. The number of aliphatic hydroxyl groups excluding tert-OH is 3. The third kappa shape index (κ3) is 3.89. The average Bonchev–Trinajstić information content (AvgIpc) is 2.83. The molecule has 0 aromatic carbocycles. The molecule has 1 saturated heterocycles. The number of hydrogen-bond donors (Lipinski definition) is 4. The standard InChI is InChI=1S/C13H20N2O8Se/c1-2-22-3-4-24(21)8-5-15(13(20)14-11(8)19)12-10(18)9(17)7(6-16)23-12/h5,7,9-10,12,16-18H,2-4,6H2,1H3,(H,14,19,20)/t7-,9-,10-,12-,24?/m1/s1. The van der Waals surface area contributed by atoms with Crippen LogP contribution < -0.4 is 15.7 Å². The Kier molecular flexibility index (Phi) is 6.58. The van der Waals surface area contributed by atoms with Gasteiger partial charge in [0.25, 0.3) is 0 Å². The summed E-state index contributed by atoms with van der Waals surface area (Å²) in [6, 6.07) is 0. The Morgan fingerprint density at radius 2 is 2.08 bits per heavy atom. The zero-order chi connectivity index (χ0) is 17.9. The zero-order valence-electron chi connectivity index (χ0n) is 13.0. The van der Waals surface area contributed by atoms with E-state index in [1.807, 2.05) is 4.98 Å². The normalized spacial score (nSPS) is 28.2. The van der Waals surface area contributed by atoms with E-state index in [0.29, 0.717) is 6.61 Å². The molecule has 0 bridgehead atoms. The molecule has 0 saturated carbocycles. The molecule has 2 heterocycles. The fourth-order valence-corrected chi connectivity index (χ4v) is 4.37. The first-order chi connectivity index (χ1) is 11.4. The number of rotatable bonds is 7. The molecular formula is C13H20N2O8Se. The molecule has 2 rings (SSSR count). The monoisotopic (exact) mass is 412 g/mol. The summed E-state index contributed by atoms with van der Waals surface area (Å²) in [6.45, 7) is 1.91. The molecule has 1 aliphatic heterocycles. The summed E-state index contributed by atoms with van der Waals surface area (Å²) >= 11 is -2.76. The first-order valence-corrected chi connectivity index (χ1v) is 10.1. The van der Waals surface area contributed by atoms with Crippen LogP contribution >= 0.6 is 0 Å². The predicted molar refractivity (Wildman–Crippen MR) is 81.7 cm³/mol. The van der Waals surface area contributed by atoms with Crippen LogP contribution in [0.2, 0.25) is 5.32 Å². The van der Waals surface area contributed by atoms with Gasteiger partial charge < -0.3 is 0 Å². The summed E-state index contributed by atoms with van der Waals surface area (Å²) in [5, 5.41) is 29.0. The Balaban J connectivity index is 2.32. The molecule has 1 aromatic heterocycles. The molecule has 5 atom stereocenters. The summed E-state index contributed by atoms with van der Waals surface area (Å²) in [4.78, 5) is 25.9. The van der Waals surface area contributed by atoms with Crippen LogP contribution in [0.15, 0.2) is 15.8 Å². The first-order valence-electron chi connectivity index (χ1n) is 7.34. The third-order valence-electron chi connectivity index (χ3n) is 3.59. The van der Waals surface area contributed by atoms with Crippen LogP contribution in [0.25, 0.3) is 0 Å². The minimum absolute atomic E-state index is 0.0768. The van der Waals surface area contributed by atoms with Crippen molar-refractivity contribution in [3.8, 4) is 0 Å². The first kappa shape index (κ1) is 19.1. The van der Waals surface area contributed by atoms with Crippen LogP contribution in [0.1, 0.15) is 13.2 Å². The van der Waals surface area contributed by atoms with E-state index < -0.39 is 56.2 Å². The van der Waals surface area contributed by atoms with Crippen molar-refractivity contribution in [1.82, 2.24) is 9.55 Å². The summed E-state index contributed by atoms with van der Waals surface area (Å²) in [7, 11) is 0. The van der Waals surface area contributed by atoms with Crippen molar-refractivity contribution in [2.45, 2.75) is 36.8 Å². The molecule has 136 valence electrons. The number of aromatic amines is 1. The molecule has 0 amide bonds. The van der Waals surface area contributed by atoms with Gasteiger partial charge in [0, 0.05) is 0 Å². The number of aromatic nitrogens is 2. The van der Waals surface area contributed by atoms with Crippen LogP contribution in [0.3, 0.4) is 0 Å². The van der Waals surface area contributed by atoms with E-state index >= 15 is 0 Å². The van der Waals surface area contributed by atoms with E-state index in [0.717, 1.165) is 10.8 Å². The van der Waals surface area contributed by atoms with Crippen LogP contribution in [-0.2, 0) is 13.3 Å². The summed E-state index contributed by atoms with van der Waals surface area (Å²) in [6.07, 6.45) is -4.16. The molecule has 24 heavy (non-hydrogen) atoms. The molecule has 0 spiro atoms. The van der Waals surface area contributed by atoms with E-state index in [4.69, 9.17) is 14.6 Å². The molecule has 0 aliphatic carbocycles. The number of hydrogen-bond acceptors (Lipinski definition) is 8. The Morgan fingerprint density at radius 1 is 1.38 bits per heavy atom. The van der Waals surface area contributed by atoms with Gasteiger partial charge in [0.2, 0.25) is 0 Å². The van der Waals surface area contributed by atoms with Gasteiger partial charge in [0.1, 0.15) is 0 Å². The number of nitrogens with one attached hydrogen (secondary N) is 1.